The molecule has 0 saturated heterocycles. The Labute approximate surface area is 59.0 Å². The highest BCUT2D eigenvalue weighted by Crippen LogP contribution is 2.50. The summed E-state index contributed by atoms with van der Waals surface area (Å²) in [5.41, 5.74) is 0. The van der Waals surface area contributed by atoms with Gasteiger partial charge in [-0.25, -0.2) is 8.78 Å². The molecule has 0 amide bonds. The van der Waals surface area contributed by atoms with Gasteiger partial charge in [-0.15, -0.1) is 0 Å². The lowest BCUT2D eigenvalue weighted by atomic mass is 10.1. The van der Waals surface area contributed by atoms with Crippen LogP contribution in [0.15, 0.2) is 0 Å². The second-order valence-corrected chi connectivity index (χ2v) is 3.05. The number of alkyl halides is 2. The highest BCUT2D eigenvalue weighted by atomic mass is 19.3. The number of halogens is 2. The second kappa shape index (κ2) is 2.46. The van der Waals surface area contributed by atoms with E-state index in [2.05, 4.69) is 0 Å². The first kappa shape index (κ1) is 7.92. The molecule has 0 aliphatic heterocycles. The van der Waals surface area contributed by atoms with E-state index in [0.29, 0.717) is 6.42 Å². The van der Waals surface area contributed by atoms with Gasteiger partial charge in [0.1, 0.15) is 0 Å². The molecule has 0 aromatic heterocycles. The lowest BCUT2D eigenvalue weighted by molar-refractivity contribution is -0.0461. The lowest BCUT2D eigenvalue weighted by Gasteiger charge is -2.13. The molecule has 1 saturated carbocycles. The zero-order valence-electron chi connectivity index (χ0n) is 5.98. The van der Waals surface area contributed by atoms with Gasteiger partial charge in [0.15, 0.2) is 0 Å². The summed E-state index contributed by atoms with van der Waals surface area (Å²) in [5, 5.41) is 8.28. The molecule has 60 valence electrons. The van der Waals surface area contributed by atoms with E-state index >= 15 is 0 Å². The molecule has 1 fully saturated rings. The summed E-state index contributed by atoms with van der Waals surface area (Å²) in [4.78, 5) is 0. The van der Waals surface area contributed by atoms with Gasteiger partial charge in [-0.1, -0.05) is 6.92 Å². The molecule has 0 heterocycles. The fourth-order valence-corrected chi connectivity index (χ4v) is 1.25. The summed E-state index contributed by atoms with van der Waals surface area (Å²) >= 11 is 0. The van der Waals surface area contributed by atoms with E-state index in [4.69, 9.17) is 5.11 Å². The fourth-order valence-electron chi connectivity index (χ4n) is 1.25. The molecule has 0 bridgehead atoms. The van der Waals surface area contributed by atoms with Crippen LogP contribution in [0.4, 0.5) is 8.78 Å². The quantitative estimate of drug-likeness (QED) is 0.648. The van der Waals surface area contributed by atoms with E-state index in [1.165, 1.54) is 0 Å². The van der Waals surface area contributed by atoms with E-state index in [1.807, 2.05) is 6.92 Å². The third kappa shape index (κ3) is 1.45. The first-order chi connectivity index (χ1) is 4.58. The normalized spacial score (nSPS) is 32.4. The third-order valence-electron chi connectivity index (χ3n) is 2.10. The van der Waals surface area contributed by atoms with Gasteiger partial charge in [0.2, 0.25) is 0 Å². The van der Waals surface area contributed by atoms with Crippen LogP contribution in [-0.2, 0) is 0 Å². The highest BCUT2D eigenvalue weighted by Gasteiger charge is 2.51. The SMILES string of the molecule is CC1CC1C(F)(F)CCO. The first-order valence-corrected chi connectivity index (χ1v) is 3.56. The minimum atomic E-state index is -2.62. The average Bonchev–Trinajstić information content (AvgIpc) is 2.46. The van der Waals surface area contributed by atoms with Crippen molar-refractivity contribution in [3.05, 3.63) is 0 Å². The van der Waals surface area contributed by atoms with Crippen LogP contribution in [0.25, 0.3) is 0 Å². The zero-order valence-corrected chi connectivity index (χ0v) is 5.98. The van der Waals surface area contributed by atoms with E-state index in [9.17, 15) is 8.78 Å². The van der Waals surface area contributed by atoms with Crippen molar-refractivity contribution in [3.8, 4) is 0 Å². The van der Waals surface area contributed by atoms with Crippen molar-refractivity contribution in [2.75, 3.05) is 6.61 Å². The molecule has 0 radical (unpaired) electrons. The number of aliphatic hydroxyl groups is 1. The number of hydrogen-bond donors (Lipinski definition) is 1. The monoisotopic (exact) mass is 150 g/mol. The minimum absolute atomic E-state index is 0.154. The maximum absolute atomic E-state index is 12.7. The molecule has 1 nitrogen and oxygen atoms in total. The minimum Gasteiger partial charge on any atom is -0.396 e. The van der Waals surface area contributed by atoms with Gasteiger partial charge in [0.05, 0.1) is 0 Å². The summed E-state index contributed by atoms with van der Waals surface area (Å²) < 4.78 is 25.4. The average molecular weight is 150 g/mol. The Bertz CT molecular complexity index is 125. The molecule has 1 N–H and O–H groups in total. The topological polar surface area (TPSA) is 20.2 Å². The van der Waals surface area contributed by atoms with Crippen LogP contribution in [0.1, 0.15) is 19.8 Å². The predicted molar refractivity (Wildman–Crippen MR) is 33.9 cm³/mol. The molecular formula is C7H12F2O. The van der Waals surface area contributed by atoms with Gasteiger partial charge in [-0.2, -0.15) is 0 Å². The molecule has 1 aliphatic rings. The Hall–Kier alpha value is -0.180. The van der Waals surface area contributed by atoms with Crippen LogP contribution in [0.2, 0.25) is 0 Å². The van der Waals surface area contributed by atoms with Gasteiger partial charge in [-0.3, -0.25) is 0 Å². The summed E-state index contributed by atoms with van der Waals surface area (Å²) in [6.45, 7) is 1.41. The van der Waals surface area contributed by atoms with Crippen LogP contribution < -0.4 is 0 Å². The molecule has 0 aromatic rings. The van der Waals surface area contributed by atoms with Crippen molar-refractivity contribution in [2.24, 2.45) is 11.8 Å². The van der Waals surface area contributed by atoms with E-state index in [0.717, 1.165) is 0 Å². The van der Waals surface area contributed by atoms with Crippen molar-refractivity contribution < 1.29 is 13.9 Å². The lowest BCUT2D eigenvalue weighted by Crippen LogP contribution is -2.21. The molecule has 2 unspecified atom stereocenters. The number of rotatable bonds is 3. The van der Waals surface area contributed by atoms with Crippen LogP contribution in [0, 0.1) is 11.8 Å². The van der Waals surface area contributed by atoms with Crippen LogP contribution in [0.5, 0.6) is 0 Å². The highest BCUT2D eigenvalue weighted by molar-refractivity contribution is 4.93. The Morgan fingerprint density at radius 2 is 2.10 bits per heavy atom. The van der Waals surface area contributed by atoms with Crippen LogP contribution in [0.3, 0.4) is 0 Å². The van der Waals surface area contributed by atoms with Crippen molar-refractivity contribution in [1.82, 2.24) is 0 Å². The molecule has 0 aromatic carbocycles. The third-order valence-corrected chi connectivity index (χ3v) is 2.10. The predicted octanol–water partition coefficient (Wildman–Crippen LogP) is 1.66. The number of hydrogen-bond acceptors (Lipinski definition) is 1. The smallest absolute Gasteiger partial charge is 0.253 e. The summed E-state index contributed by atoms with van der Waals surface area (Å²) in [7, 11) is 0. The standard InChI is InChI=1S/C7H12F2O/c1-5-4-6(5)7(8,9)2-3-10/h5-6,10H,2-4H2,1H3. The van der Waals surface area contributed by atoms with Crippen molar-refractivity contribution in [3.63, 3.8) is 0 Å². The van der Waals surface area contributed by atoms with E-state index in [1.54, 1.807) is 0 Å². The largest absolute Gasteiger partial charge is 0.396 e. The molecule has 2 atom stereocenters. The molecule has 1 aliphatic carbocycles. The molecule has 10 heavy (non-hydrogen) atoms. The van der Waals surface area contributed by atoms with Gasteiger partial charge in [-0.05, 0) is 12.3 Å². The summed E-state index contributed by atoms with van der Waals surface area (Å²) in [6.07, 6.45) is 0.245. The molecule has 0 spiro atoms. The van der Waals surface area contributed by atoms with Gasteiger partial charge >= 0.3 is 0 Å². The van der Waals surface area contributed by atoms with E-state index in [-0.39, 0.29) is 12.3 Å². The van der Waals surface area contributed by atoms with Gasteiger partial charge in [0, 0.05) is 18.9 Å². The number of aliphatic hydroxyl groups excluding tert-OH is 1. The zero-order chi connectivity index (χ0) is 7.78. The molecule has 1 rings (SSSR count). The second-order valence-electron chi connectivity index (χ2n) is 3.05. The first-order valence-electron chi connectivity index (χ1n) is 3.56. The molecule has 3 heteroatoms. The van der Waals surface area contributed by atoms with E-state index < -0.39 is 18.4 Å². The fraction of sp³-hybridized carbons (Fsp3) is 1.00. The maximum Gasteiger partial charge on any atom is 0.253 e. The van der Waals surface area contributed by atoms with Crippen LogP contribution in [-0.4, -0.2) is 17.6 Å². The van der Waals surface area contributed by atoms with Crippen molar-refractivity contribution >= 4 is 0 Å². The van der Waals surface area contributed by atoms with Gasteiger partial charge in [0.25, 0.3) is 5.92 Å². The van der Waals surface area contributed by atoms with Crippen molar-refractivity contribution in [2.45, 2.75) is 25.7 Å². The Kier molecular flexibility index (Phi) is 1.95. The summed E-state index contributed by atoms with van der Waals surface area (Å²) in [6, 6.07) is 0. The van der Waals surface area contributed by atoms with Gasteiger partial charge < -0.3 is 5.11 Å². The molecular weight excluding hydrogens is 138 g/mol. The Balaban J connectivity index is 2.36. The Morgan fingerprint density at radius 1 is 1.60 bits per heavy atom. The summed E-state index contributed by atoms with van der Waals surface area (Å²) in [5.74, 6) is -2.92. The van der Waals surface area contributed by atoms with Crippen LogP contribution >= 0.6 is 0 Å². The van der Waals surface area contributed by atoms with Crippen molar-refractivity contribution in [1.29, 1.82) is 0 Å². The maximum atomic E-state index is 12.7. The Morgan fingerprint density at radius 3 is 2.40 bits per heavy atom.